The molecule has 2 rings (SSSR count). The van der Waals surface area contributed by atoms with E-state index in [0.29, 0.717) is 0 Å². The fraction of sp³-hybridized carbons (Fsp3) is 0.214. The molecule has 2 N–H and O–H groups in total. The van der Waals surface area contributed by atoms with Crippen LogP contribution in [0, 0.1) is 0 Å². The van der Waals surface area contributed by atoms with Crippen LogP contribution in [-0.4, -0.2) is 4.98 Å². The molecule has 0 radical (unpaired) electrons. The number of hydrogen-bond donors (Lipinski definition) is 1. The number of rotatable bonds is 4. The Hall–Kier alpha value is -1.03. The molecule has 0 saturated heterocycles. The Morgan fingerprint density at radius 3 is 2.78 bits per heavy atom. The molecule has 2 aromatic rings. The van der Waals surface area contributed by atoms with Crippen molar-refractivity contribution in [2.75, 3.05) is 0 Å². The van der Waals surface area contributed by atoms with Gasteiger partial charge in [-0.05, 0) is 24.6 Å². The van der Waals surface area contributed by atoms with Gasteiger partial charge in [-0.25, -0.2) is 4.98 Å². The first-order valence-electron chi connectivity index (χ1n) is 5.75. The summed E-state index contributed by atoms with van der Waals surface area (Å²) in [5.74, 6) is 0.802. The van der Waals surface area contributed by atoms with Gasteiger partial charge in [-0.3, -0.25) is 0 Å². The summed E-state index contributed by atoms with van der Waals surface area (Å²) in [6.45, 7) is 1.97. The van der Waals surface area contributed by atoms with Gasteiger partial charge in [0.2, 0.25) is 0 Å². The first-order valence-corrected chi connectivity index (χ1v) is 7.11. The number of nitrogens with zero attached hydrogens (tertiary/aromatic N) is 1. The van der Waals surface area contributed by atoms with Gasteiger partial charge in [-0.1, -0.05) is 35.9 Å². The van der Waals surface area contributed by atoms with Crippen molar-refractivity contribution in [2.45, 2.75) is 23.7 Å². The average Bonchev–Trinajstić information content (AvgIpc) is 2.38. The van der Waals surface area contributed by atoms with Crippen LogP contribution < -0.4 is 5.73 Å². The van der Waals surface area contributed by atoms with Gasteiger partial charge >= 0.3 is 0 Å². The summed E-state index contributed by atoms with van der Waals surface area (Å²) >= 11 is 7.80. The lowest BCUT2D eigenvalue weighted by Gasteiger charge is -2.11. The first kappa shape index (κ1) is 13.4. The van der Waals surface area contributed by atoms with Crippen LogP contribution >= 0.6 is 23.4 Å². The summed E-state index contributed by atoms with van der Waals surface area (Å²) in [5.41, 5.74) is 8.13. The Kier molecular flexibility index (Phi) is 4.64. The van der Waals surface area contributed by atoms with Crippen molar-refractivity contribution in [2.24, 2.45) is 5.73 Å². The molecule has 18 heavy (non-hydrogen) atoms. The molecule has 0 aliphatic heterocycles. The van der Waals surface area contributed by atoms with Gasteiger partial charge in [0, 0.05) is 28.6 Å². The van der Waals surface area contributed by atoms with Gasteiger partial charge in [0.1, 0.15) is 5.03 Å². The molecule has 1 aromatic heterocycles. The lowest BCUT2D eigenvalue weighted by atomic mass is 10.2. The van der Waals surface area contributed by atoms with Crippen LogP contribution in [0.3, 0.4) is 0 Å². The summed E-state index contributed by atoms with van der Waals surface area (Å²) in [7, 11) is 0. The number of aromatic nitrogens is 1. The molecule has 1 heterocycles. The van der Waals surface area contributed by atoms with Gasteiger partial charge in [-0.2, -0.15) is 0 Å². The van der Waals surface area contributed by atoms with E-state index >= 15 is 0 Å². The highest BCUT2D eigenvalue weighted by Gasteiger charge is 2.09. The van der Waals surface area contributed by atoms with E-state index in [4.69, 9.17) is 17.3 Å². The molecule has 1 atom stereocenters. The maximum absolute atomic E-state index is 6.13. The lowest BCUT2D eigenvalue weighted by molar-refractivity contribution is 0.779. The Morgan fingerprint density at radius 2 is 2.06 bits per heavy atom. The van der Waals surface area contributed by atoms with E-state index in [1.165, 1.54) is 0 Å². The average molecular weight is 279 g/mol. The molecule has 0 bridgehead atoms. The fourth-order valence-electron chi connectivity index (χ4n) is 1.63. The summed E-state index contributed by atoms with van der Waals surface area (Å²) < 4.78 is 0. The second-order valence-electron chi connectivity index (χ2n) is 4.07. The second-order valence-corrected chi connectivity index (χ2v) is 5.44. The Labute approximate surface area is 117 Å². The van der Waals surface area contributed by atoms with Crippen molar-refractivity contribution in [3.8, 4) is 0 Å². The topological polar surface area (TPSA) is 38.9 Å². The number of hydrogen-bond acceptors (Lipinski definition) is 3. The van der Waals surface area contributed by atoms with Gasteiger partial charge in [-0.15, -0.1) is 11.8 Å². The lowest BCUT2D eigenvalue weighted by Crippen LogP contribution is -2.07. The van der Waals surface area contributed by atoms with Crippen LogP contribution in [0.15, 0.2) is 47.6 Å². The molecule has 0 spiro atoms. The molecular formula is C14H15ClN2S. The van der Waals surface area contributed by atoms with E-state index in [0.717, 1.165) is 26.9 Å². The van der Waals surface area contributed by atoms with Crippen molar-refractivity contribution in [3.05, 3.63) is 58.7 Å². The third kappa shape index (κ3) is 3.25. The Morgan fingerprint density at radius 1 is 1.28 bits per heavy atom. The molecule has 0 amide bonds. The standard InChI is InChI=1S/C14H15ClN2S/c1-10(16)12-6-4-8-17-14(12)18-9-11-5-2-3-7-13(11)15/h2-8,10H,9,16H2,1H3. The van der Waals surface area contributed by atoms with Crippen LogP contribution in [0.2, 0.25) is 5.02 Å². The van der Waals surface area contributed by atoms with E-state index in [1.54, 1.807) is 18.0 Å². The maximum Gasteiger partial charge on any atom is 0.101 e. The van der Waals surface area contributed by atoms with Crippen LogP contribution in [-0.2, 0) is 5.75 Å². The van der Waals surface area contributed by atoms with Gasteiger partial charge in [0.25, 0.3) is 0 Å². The van der Waals surface area contributed by atoms with E-state index in [1.807, 2.05) is 43.3 Å². The molecule has 0 aliphatic rings. The Balaban J connectivity index is 2.14. The molecule has 0 aliphatic carbocycles. The monoisotopic (exact) mass is 278 g/mol. The van der Waals surface area contributed by atoms with Gasteiger partial charge in [0.15, 0.2) is 0 Å². The van der Waals surface area contributed by atoms with Crippen molar-refractivity contribution in [1.82, 2.24) is 4.98 Å². The number of nitrogens with two attached hydrogens (primary N) is 1. The fourth-order valence-corrected chi connectivity index (χ4v) is 3.01. The highest BCUT2D eigenvalue weighted by atomic mass is 35.5. The van der Waals surface area contributed by atoms with Crippen molar-refractivity contribution >= 4 is 23.4 Å². The number of benzene rings is 1. The predicted octanol–water partition coefficient (Wildman–Crippen LogP) is 4.05. The van der Waals surface area contributed by atoms with E-state index in [9.17, 15) is 0 Å². The minimum atomic E-state index is -0.00700. The summed E-state index contributed by atoms with van der Waals surface area (Å²) in [6, 6.07) is 11.8. The van der Waals surface area contributed by atoms with Crippen molar-refractivity contribution in [1.29, 1.82) is 0 Å². The summed E-state index contributed by atoms with van der Waals surface area (Å²) in [4.78, 5) is 4.38. The zero-order chi connectivity index (χ0) is 13.0. The minimum absolute atomic E-state index is 0.00700. The van der Waals surface area contributed by atoms with E-state index < -0.39 is 0 Å². The number of pyridine rings is 1. The van der Waals surface area contributed by atoms with Crippen LogP contribution in [0.5, 0.6) is 0 Å². The molecular weight excluding hydrogens is 264 g/mol. The summed E-state index contributed by atoms with van der Waals surface area (Å²) in [6.07, 6.45) is 1.79. The summed E-state index contributed by atoms with van der Waals surface area (Å²) in [5, 5.41) is 1.77. The largest absolute Gasteiger partial charge is 0.324 e. The molecule has 1 aromatic carbocycles. The molecule has 94 valence electrons. The molecule has 2 nitrogen and oxygen atoms in total. The molecule has 4 heteroatoms. The number of thioether (sulfide) groups is 1. The molecule has 0 fully saturated rings. The van der Waals surface area contributed by atoms with E-state index in [-0.39, 0.29) is 6.04 Å². The predicted molar refractivity (Wildman–Crippen MR) is 77.9 cm³/mol. The Bertz CT molecular complexity index is 529. The van der Waals surface area contributed by atoms with E-state index in [2.05, 4.69) is 4.98 Å². The maximum atomic E-state index is 6.13. The smallest absolute Gasteiger partial charge is 0.101 e. The molecule has 1 unspecified atom stereocenters. The van der Waals surface area contributed by atoms with Gasteiger partial charge in [0.05, 0.1) is 0 Å². The van der Waals surface area contributed by atoms with Crippen molar-refractivity contribution in [3.63, 3.8) is 0 Å². The first-order chi connectivity index (χ1) is 8.68. The third-order valence-corrected chi connectivity index (χ3v) is 4.05. The highest BCUT2D eigenvalue weighted by Crippen LogP contribution is 2.29. The third-order valence-electron chi connectivity index (χ3n) is 2.61. The zero-order valence-corrected chi connectivity index (χ0v) is 11.7. The van der Waals surface area contributed by atoms with Gasteiger partial charge < -0.3 is 5.73 Å². The minimum Gasteiger partial charge on any atom is -0.324 e. The van der Waals surface area contributed by atoms with Crippen LogP contribution in [0.4, 0.5) is 0 Å². The quantitative estimate of drug-likeness (QED) is 0.858. The van der Waals surface area contributed by atoms with Crippen LogP contribution in [0.1, 0.15) is 24.1 Å². The van der Waals surface area contributed by atoms with Crippen molar-refractivity contribution < 1.29 is 0 Å². The van der Waals surface area contributed by atoms with Crippen LogP contribution in [0.25, 0.3) is 0 Å². The zero-order valence-electron chi connectivity index (χ0n) is 10.1. The normalized spacial score (nSPS) is 12.4. The molecule has 0 saturated carbocycles. The SMILES string of the molecule is CC(N)c1cccnc1SCc1ccccc1Cl. The second kappa shape index (κ2) is 6.23. The number of halogens is 1. The highest BCUT2D eigenvalue weighted by molar-refractivity contribution is 7.98.